The molecular weight excluding hydrogens is 362 g/mol. The summed E-state index contributed by atoms with van der Waals surface area (Å²) in [6.45, 7) is 3.87. The lowest BCUT2D eigenvalue weighted by molar-refractivity contribution is 0.237. The van der Waals surface area contributed by atoms with Gasteiger partial charge in [-0.1, -0.05) is 53.6 Å². The third-order valence-electron chi connectivity index (χ3n) is 4.94. The Morgan fingerprint density at radius 2 is 2.00 bits per heavy atom. The molecule has 6 heteroatoms. The zero-order chi connectivity index (χ0) is 19.0. The van der Waals surface area contributed by atoms with Crippen molar-refractivity contribution < 1.29 is 5.11 Å². The van der Waals surface area contributed by atoms with Crippen LogP contribution < -0.4 is 5.56 Å². The molecule has 0 aliphatic carbocycles. The number of nitrogens with zero attached hydrogens (tertiary/aromatic N) is 2. The Balaban J connectivity index is 1.62. The summed E-state index contributed by atoms with van der Waals surface area (Å²) >= 11 is 6.01. The second kappa shape index (κ2) is 7.18. The zero-order valence-corrected chi connectivity index (χ0v) is 15.8. The number of aromatic hydroxyl groups is 1. The third kappa shape index (κ3) is 3.61. The monoisotopic (exact) mass is 381 g/mol. The number of para-hydroxylation sites is 1. The van der Waals surface area contributed by atoms with E-state index in [1.807, 2.05) is 43.3 Å². The second-order valence-electron chi connectivity index (χ2n) is 6.91. The summed E-state index contributed by atoms with van der Waals surface area (Å²) in [5, 5.41) is 10.5. The van der Waals surface area contributed by atoms with E-state index in [0.717, 1.165) is 34.5 Å². The highest BCUT2D eigenvalue weighted by molar-refractivity contribution is 6.32. The van der Waals surface area contributed by atoms with Crippen LogP contribution in [0.1, 0.15) is 22.4 Å². The lowest BCUT2D eigenvalue weighted by Crippen LogP contribution is -2.35. The van der Waals surface area contributed by atoms with E-state index >= 15 is 0 Å². The fourth-order valence-corrected chi connectivity index (χ4v) is 3.60. The molecule has 0 amide bonds. The molecule has 0 unspecified atom stereocenters. The molecule has 4 rings (SSSR count). The second-order valence-corrected chi connectivity index (χ2v) is 7.32. The van der Waals surface area contributed by atoms with Gasteiger partial charge >= 0.3 is 0 Å². The van der Waals surface area contributed by atoms with E-state index in [2.05, 4.69) is 9.88 Å². The van der Waals surface area contributed by atoms with Crippen molar-refractivity contribution in [3.8, 4) is 17.1 Å². The highest BCUT2D eigenvalue weighted by Crippen LogP contribution is 2.29. The van der Waals surface area contributed by atoms with Gasteiger partial charge in [-0.15, -0.1) is 0 Å². The molecule has 2 aromatic carbocycles. The molecule has 0 spiro atoms. The normalized spacial score (nSPS) is 14.1. The summed E-state index contributed by atoms with van der Waals surface area (Å²) in [6.07, 6.45) is 0.632. The Hall–Kier alpha value is -2.63. The fourth-order valence-electron chi connectivity index (χ4n) is 3.41. The van der Waals surface area contributed by atoms with Crippen LogP contribution in [0.2, 0.25) is 5.02 Å². The van der Waals surface area contributed by atoms with Gasteiger partial charge in [0, 0.05) is 36.3 Å². The molecule has 2 N–H and O–H groups in total. The highest BCUT2D eigenvalue weighted by atomic mass is 35.5. The number of H-pyrrole nitrogens is 1. The predicted octanol–water partition coefficient (Wildman–Crippen LogP) is 3.66. The minimum Gasteiger partial charge on any atom is -0.506 e. The molecule has 138 valence electrons. The van der Waals surface area contributed by atoms with Crippen molar-refractivity contribution >= 4 is 11.6 Å². The Labute approximate surface area is 162 Å². The van der Waals surface area contributed by atoms with E-state index < -0.39 is 0 Å². The zero-order valence-electron chi connectivity index (χ0n) is 15.0. The number of aromatic amines is 1. The topological polar surface area (TPSA) is 69.2 Å². The van der Waals surface area contributed by atoms with Crippen LogP contribution in [0.4, 0.5) is 0 Å². The average Bonchev–Trinajstić information content (AvgIpc) is 2.66. The van der Waals surface area contributed by atoms with Crippen LogP contribution in [0.3, 0.4) is 0 Å². The number of halogens is 1. The van der Waals surface area contributed by atoms with Crippen LogP contribution in [-0.2, 0) is 19.5 Å². The van der Waals surface area contributed by atoms with Crippen LogP contribution in [0.25, 0.3) is 11.4 Å². The Kier molecular flexibility index (Phi) is 4.72. The number of aryl methyl sites for hydroxylation is 1. The fraction of sp³-hybridized carbons (Fsp3) is 0.238. The largest absolute Gasteiger partial charge is 0.506 e. The first-order valence-electron chi connectivity index (χ1n) is 8.89. The van der Waals surface area contributed by atoms with Gasteiger partial charge in [-0.05, 0) is 19.4 Å². The minimum absolute atomic E-state index is 0.0687. The maximum atomic E-state index is 12.5. The van der Waals surface area contributed by atoms with E-state index in [0.29, 0.717) is 30.4 Å². The summed E-state index contributed by atoms with van der Waals surface area (Å²) in [5.74, 6) is 0.704. The maximum absolute atomic E-state index is 12.5. The van der Waals surface area contributed by atoms with Crippen molar-refractivity contribution in [2.75, 3.05) is 6.54 Å². The maximum Gasteiger partial charge on any atom is 0.254 e. The van der Waals surface area contributed by atoms with Gasteiger partial charge in [0.2, 0.25) is 0 Å². The van der Waals surface area contributed by atoms with Gasteiger partial charge in [0.25, 0.3) is 5.56 Å². The minimum atomic E-state index is -0.0687. The van der Waals surface area contributed by atoms with Crippen molar-refractivity contribution in [1.82, 2.24) is 14.9 Å². The van der Waals surface area contributed by atoms with Crippen molar-refractivity contribution in [2.45, 2.75) is 26.4 Å². The van der Waals surface area contributed by atoms with Crippen LogP contribution in [0, 0.1) is 6.92 Å². The van der Waals surface area contributed by atoms with E-state index in [9.17, 15) is 9.90 Å². The number of hydrogen-bond donors (Lipinski definition) is 2. The molecule has 0 bridgehead atoms. The van der Waals surface area contributed by atoms with Crippen molar-refractivity contribution in [1.29, 1.82) is 0 Å². The van der Waals surface area contributed by atoms with Crippen LogP contribution >= 0.6 is 11.6 Å². The molecule has 0 radical (unpaired) electrons. The smallest absolute Gasteiger partial charge is 0.254 e. The van der Waals surface area contributed by atoms with E-state index in [4.69, 9.17) is 16.6 Å². The summed E-state index contributed by atoms with van der Waals surface area (Å²) < 4.78 is 0. The van der Waals surface area contributed by atoms with Gasteiger partial charge in [0.1, 0.15) is 11.6 Å². The van der Waals surface area contributed by atoms with Gasteiger partial charge in [-0.25, -0.2) is 4.98 Å². The first-order valence-corrected chi connectivity index (χ1v) is 9.27. The Morgan fingerprint density at radius 3 is 2.78 bits per heavy atom. The molecule has 0 fully saturated rings. The first-order chi connectivity index (χ1) is 13.0. The Morgan fingerprint density at radius 1 is 1.22 bits per heavy atom. The third-order valence-corrected chi connectivity index (χ3v) is 5.25. The molecule has 1 aliphatic rings. The highest BCUT2D eigenvalue weighted by Gasteiger charge is 2.22. The van der Waals surface area contributed by atoms with Crippen LogP contribution in [0.15, 0.2) is 47.3 Å². The molecule has 27 heavy (non-hydrogen) atoms. The van der Waals surface area contributed by atoms with E-state index in [-0.39, 0.29) is 11.3 Å². The van der Waals surface area contributed by atoms with Crippen molar-refractivity contribution in [3.63, 3.8) is 0 Å². The summed E-state index contributed by atoms with van der Waals surface area (Å²) in [4.78, 5) is 22.3. The van der Waals surface area contributed by atoms with E-state index in [1.54, 1.807) is 6.07 Å². The number of fused-ring (bicyclic) bond motifs is 1. The quantitative estimate of drug-likeness (QED) is 0.726. The molecule has 3 aromatic rings. The lowest BCUT2D eigenvalue weighted by atomic mass is 10.0. The average molecular weight is 382 g/mol. The first kappa shape index (κ1) is 17.8. The number of aromatic nitrogens is 2. The molecule has 0 saturated carbocycles. The van der Waals surface area contributed by atoms with Gasteiger partial charge in [0.15, 0.2) is 0 Å². The molecule has 1 aromatic heterocycles. The summed E-state index contributed by atoms with van der Waals surface area (Å²) in [5.41, 5.74) is 4.30. The summed E-state index contributed by atoms with van der Waals surface area (Å²) in [7, 11) is 0. The number of benzene rings is 2. The van der Waals surface area contributed by atoms with Gasteiger partial charge in [-0.3, -0.25) is 9.69 Å². The molecule has 5 nitrogen and oxygen atoms in total. The van der Waals surface area contributed by atoms with Crippen LogP contribution in [0.5, 0.6) is 5.75 Å². The predicted molar refractivity (Wildman–Crippen MR) is 106 cm³/mol. The number of phenols is 1. The summed E-state index contributed by atoms with van der Waals surface area (Å²) in [6, 6.07) is 13.3. The number of nitrogens with one attached hydrogen (secondary N) is 1. The molecule has 1 aliphatic heterocycles. The lowest BCUT2D eigenvalue weighted by Gasteiger charge is -2.28. The molecular formula is C21H20ClN3O2. The molecule has 0 saturated heterocycles. The number of phenolic OH excluding ortho intramolecular Hbond substituents is 1. The van der Waals surface area contributed by atoms with Crippen molar-refractivity contribution in [3.05, 3.63) is 80.2 Å². The standard InChI is InChI=1S/C21H20ClN3O2/c1-13-5-7-14(8-6-13)20-23-18-12-25(10-9-16(18)21(27)24-20)11-15-3-2-4-17(22)19(15)26/h2-8,26H,9-12H2,1H3,(H,23,24,27). The van der Waals surface area contributed by atoms with Gasteiger partial charge in [-0.2, -0.15) is 0 Å². The van der Waals surface area contributed by atoms with Crippen LogP contribution in [-0.4, -0.2) is 26.5 Å². The Bertz CT molecular complexity index is 1040. The number of hydrogen-bond acceptors (Lipinski definition) is 4. The van der Waals surface area contributed by atoms with Crippen molar-refractivity contribution in [2.24, 2.45) is 0 Å². The van der Waals surface area contributed by atoms with Gasteiger partial charge in [0.05, 0.1) is 10.7 Å². The molecule has 2 heterocycles. The number of rotatable bonds is 3. The van der Waals surface area contributed by atoms with E-state index in [1.165, 1.54) is 0 Å². The SMILES string of the molecule is Cc1ccc(-c2nc3c(c(=O)[nH]2)CCN(Cc2cccc(Cl)c2O)C3)cc1. The molecule has 0 atom stereocenters. The van der Waals surface area contributed by atoms with Gasteiger partial charge < -0.3 is 10.1 Å².